The highest BCUT2D eigenvalue weighted by molar-refractivity contribution is 6.06. The van der Waals surface area contributed by atoms with E-state index in [1.165, 1.54) is 7.05 Å². The summed E-state index contributed by atoms with van der Waals surface area (Å²) in [6.07, 6.45) is 1.26. The summed E-state index contributed by atoms with van der Waals surface area (Å²) in [6, 6.07) is 0. The molecule has 0 unspecified atom stereocenters. The summed E-state index contributed by atoms with van der Waals surface area (Å²) in [7, 11) is 1.47. The molecular formula is C10H13NO4. The normalized spacial score (nSPS) is 46.5. The fourth-order valence-electron chi connectivity index (χ4n) is 3.65. The minimum absolute atomic E-state index is 0.246. The number of nitrogens with zero attached hydrogens (tertiary/aromatic N) is 1. The summed E-state index contributed by atoms with van der Waals surface area (Å²) < 4.78 is 0. The molecule has 4 atom stereocenters. The van der Waals surface area contributed by atoms with Crippen molar-refractivity contribution in [1.82, 2.24) is 4.90 Å². The monoisotopic (exact) mass is 211 g/mol. The zero-order valence-corrected chi connectivity index (χ0v) is 8.38. The molecule has 1 saturated heterocycles. The van der Waals surface area contributed by atoms with Gasteiger partial charge in [-0.2, -0.15) is 0 Å². The first-order valence-electron chi connectivity index (χ1n) is 5.22. The minimum Gasteiger partial charge on any atom is -0.365 e. The van der Waals surface area contributed by atoms with Crippen LogP contribution in [0.3, 0.4) is 0 Å². The van der Waals surface area contributed by atoms with Gasteiger partial charge in [0.2, 0.25) is 11.8 Å². The van der Waals surface area contributed by atoms with Gasteiger partial charge in [-0.3, -0.25) is 14.5 Å². The standard InChI is InChI=1S/C10H13NO4/c1-11-8(12)6-4-2-3-5(10(4,14)15)7(6)9(11)13/h4-7,14-15H,2-3H2,1H3/t4-,5+,6+,7-. The van der Waals surface area contributed by atoms with E-state index in [2.05, 4.69) is 0 Å². The molecule has 3 aliphatic rings. The lowest BCUT2D eigenvalue weighted by Crippen LogP contribution is -2.40. The molecule has 3 fully saturated rings. The van der Waals surface area contributed by atoms with Crippen LogP contribution in [0.15, 0.2) is 0 Å². The van der Waals surface area contributed by atoms with Crippen molar-refractivity contribution >= 4 is 11.8 Å². The maximum Gasteiger partial charge on any atom is 0.233 e. The number of aliphatic hydroxyl groups is 2. The fourth-order valence-corrected chi connectivity index (χ4v) is 3.65. The number of imide groups is 1. The average Bonchev–Trinajstić information content (AvgIpc) is 2.69. The second kappa shape index (κ2) is 2.41. The third-order valence-corrected chi connectivity index (χ3v) is 4.37. The molecule has 2 aliphatic carbocycles. The number of fused-ring (bicyclic) bond motifs is 5. The van der Waals surface area contributed by atoms with Crippen LogP contribution < -0.4 is 0 Å². The summed E-state index contributed by atoms with van der Waals surface area (Å²) in [5.41, 5.74) is 0. The minimum atomic E-state index is -1.80. The molecule has 2 bridgehead atoms. The van der Waals surface area contributed by atoms with Gasteiger partial charge >= 0.3 is 0 Å². The van der Waals surface area contributed by atoms with Crippen molar-refractivity contribution in [3.63, 3.8) is 0 Å². The van der Waals surface area contributed by atoms with Crippen LogP contribution in [0.1, 0.15) is 12.8 Å². The lowest BCUT2D eigenvalue weighted by molar-refractivity contribution is -0.201. The average molecular weight is 211 g/mol. The largest absolute Gasteiger partial charge is 0.365 e. The molecule has 15 heavy (non-hydrogen) atoms. The highest BCUT2D eigenvalue weighted by Crippen LogP contribution is 2.60. The van der Waals surface area contributed by atoms with Gasteiger partial charge in [-0.25, -0.2) is 0 Å². The van der Waals surface area contributed by atoms with Crippen LogP contribution in [0.4, 0.5) is 0 Å². The van der Waals surface area contributed by atoms with E-state index in [0.717, 1.165) is 4.90 Å². The van der Waals surface area contributed by atoms with Crippen molar-refractivity contribution in [1.29, 1.82) is 0 Å². The second-order valence-corrected chi connectivity index (χ2v) is 4.86. The Hall–Kier alpha value is -0.940. The van der Waals surface area contributed by atoms with Crippen LogP contribution in [-0.4, -0.2) is 39.8 Å². The van der Waals surface area contributed by atoms with Crippen LogP contribution in [0.2, 0.25) is 0 Å². The van der Waals surface area contributed by atoms with Crippen molar-refractivity contribution in [2.75, 3.05) is 7.05 Å². The number of hydrogen-bond acceptors (Lipinski definition) is 4. The van der Waals surface area contributed by atoms with Crippen molar-refractivity contribution in [3.05, 3.63) is 0 Å². The summed E-state index contributed by atoms with van der Waals surface area (Å²) in [5.74, 6) is -4.17. The molecule has 5 nitrogen and oxygen atoms in total. The number of likely N-dealkylation sites (tertiary alicyclic amines) is 1. The van der Waals surface area contributed by atoms with Crippen LogP contribution in [0.5, 0.6) is 0 Å². The molecule has 0 aromatic heterocycles. The number of carbonyl (C=O) groups is 2. The Morgan fingerprint density at radius 3 is 1.93 bits per heavy atom. The first-order valence-corrected chi connectivity index (χ1v) is 5.22. The van der Waals surface area contributed by atoms with Gasteiger partial charge in [0.05, 0.1) is 11.8 Å². The molecule has 3 rings (SSSR count). The van der Waals surface area contributed by atoms with Gasteiger partial charge in [0.25, 0.3) is 0 Å². The summed E-state index contributed by atoms with van der Waals surface area (Å²) in [6.45, 7) is 0. The first kappa shape index (κ1) is 9.30. The lowest BCUT2D eigenvalue weighted by atomic mass is 9.81. The highest BCUT2D eigenvalue weighted by Gasteiger charge is 2.70. The predicted octanol–water partition coefficient (Wildman–Crippen LogP) is -1.06. The Labute approximate surface area is 86.7 Å². The van der Waals surface area contributed by atoms with E-state index in [0.29, 0.717) is 12.8 Å². The molecular weight excluding hydrogens is 198 g/mol. The maximum atomic E-state index is 11.8. The Balaban J connectivity index is 2.08. The van der Waals surface area contributed by atoms with Crippen LogP contribution in [-0.2, 0) is 9.59 Å². The number of rotatable bonds is 0. The van der Waals surface area contributed by atoms with Crippen molar-refractivity contribution < 1.29 is 19.8 Å². The lowest BCUT2D eigenvalue weighted by Gasteiger charge is -2.24. The van der Waals surface area contributed by atoms with E-state index in [9.17, 15) is 19.8 Å². The molecule has 0 aromatic carbocycles. The number of hydrogen-bond donors (Lipinski definition) is 2. The highest BCUT2D eigenvalue weighted by atomic mass is 16.5. The van der Waals surface area contributed by atoms with Gasteiger partial charge in [-0.15, -0.1) is 0 Å². The van der Waals surface area contributed by atoms with Crippen LogP contribution in [0.25, 0.3) is 0 Å². The van der Waals surface area contributed by atoms with Gasteiger partial charge in [-0.1, -0.05) is 0 Å². The Bertz CT molecular complexity index is 332. The second-order valence-electron chi connectivity index (χ2n) is 4.86. The fraction of sp³-hybridized carbons (Fsp3) is 0.800. The molecule has 0 spiro atoms. The van der Waals surface area contributed by atoms with Gasteiger partial charge in [-0.05, 0) is 12.8 Å². The van der Waals surface area contributed by atoms with E-state index < -0.39 is 29.5 Å². The van der Waals surface area contributed by atoms with E-state index in [1.54, 1.807) is 0 Å². The van der Waals surface area contributed by atoms with Crippen LogP contribution in [0, 0.1) is 23.7 Å². The molecule has 5 heteroatoms. The molecule has 0 aromatic rings. The smallest absolute Gasteiger partial charge is 0.233 e. The quantitative estimate of drug-likeness (QED) is 0.395. The summed E-state index contributed by atoms with van der Waals surface area (Å²) in [4.78, 5) is 24.7. The Morgan fingerprint density at radius 1 is 1.13 bits per heavy atom. The van der Waals surface area contributed by atoms with Gasteiger partial charge in [0.1, 0.15) is 0 Å². The zero-order chi connectivity index (χ0) is 11.0. The van der Waals surface area contributed by atoms with Gasteiger partial charge in [0, 0.05) is 18.9 Å². The summed E-state index contributed by atoms with van der Waals surface area (Å²) in [5, 5.41) is 19.7. The molecule has 0 radical (unpaired) electrons. The third-order valence-electron chi connectivity index (χ3n) is 4.37. The van der Waals surface area contributed by atoms with E-state index >= 15 is 0 Å². The SMILES string of the molecule is CN1C(=O)[C@@H]2[C@H](C1=O)[C@@H]1CC[C@H]2C1(O)O. The van der Waals surface area contributed by atoms with E-state index in [-0.39, 0.29) is 11.8 Å². The molecule has 1 heterocycles. The van der Waals surface area contributed by atoms with Crippen molar-refractivity contribution in [2.24, 2.45) is 23.7 Å². The predicted molar refractivity (Wildman–Crippen MR) is 48.1 cm³/mol. The van der Waals surface area contributed by atoms with E-state index in [4.69, 9.17) is 0 Å². The maximum absolute atomic E-state index is 11.8. The molecule has 1 aliphatic heterocycles. The van der Waals surface area contributed by atoms with Crippen LogP contribution >= 0.6 is 0 Å². The van der Waals surface area contributed by atoms with Gasteiger partial charge < -0.3 is 10.2 Å². The Morgan fingerprint density at radius 2 is 1.53 bits per heavy atom. The number of amides is 2. The molecule has 82 valence electrons. The zero-order valence-electron chi connectivity index (χ0n) is 8.38. The van der Waals surface area contributed by atoms with Crippen molar-refractivity contribution in [3.8, 4) is 0 Å². The summed E-state index contributed by atoms with van der Waals surface area (Å²) >= 11 is 0. The molecule has 2 N–H and O–H groups in total. The molecule has 2 amide bonds. The molecule has 2 saturated carbocycles. The van der Waals surface area contributed by atoms with Gasteiger partial charge in [0.15, 0.2) is 5.79 Å². The first-order chi connectivity index (χ1) is 6.96. The van der Waals surface area contributed by atoms with Crippen molar-refractivity contribution in [2.45, 2.75) is 18.6 Å². The third kappa shape index (κ3) is 0.823. The van der Waals surface area contributed by atoms with E-state index in [1.807, 2.05) is 0 Å². The number of carbonyl (C=O) groups excluding carboxylic acids is 2. The topological polar surface area (TPSA) is 77.8 Å². The Kier molecular flexibility index (Phi) is 1.50.